The van der Waals surface area contributed by atoms with E-state index >= 15 is 0 Å². The van der Waals surface area contributed by atoms with Crippen LogP contribution in [0.25, 0.3) is 0 Å². The van der Waals surface area contributed by atoms with E-state index in [0.29, 0.717) is 0 Å². The third-order valence-electron chi connectivity index (χ3n) is 1.72. The molecule has 0 aromatic carbocycles. The molecule has 0 aromatic heterocycles. The van der Waals surface area contributed by atoms with E-state index in [1.165, 1.54) is 22.0 Å². The van der Waals surface area contributed by atoms with Crippen molar-refractivity contribution in [3.05, 3.63) is 0 Å². The lowest BCUT2D eigenvalue weighted by Gasteiger charge is -2.43. The first-order valence-corrected chi connectivity index (χ1v) is 4.54. The van der Waals surface area contributed by atoms with Crippen molar-refractivity contribution in [1.29, 1.82) is 0 Å². The monoisotopic (exact) mass is 226 g/mol. The first-order valence-electron chi connectivity index (χ1n) is 3.02. The molecule has 0 bridgehead atoms. The maximum atomic E-state index is 2.47. The number of rotatable bonds is 1. The summed E-state index contributed by atoms with van der Waals surface area (Å²) in [5.74, 6) is 1.02. The zero-order valence-corrected chi connectivity index (χ0v) is 7.68. The van der Waals surface area contributed by atoms with Crippen LogP contribution in [0.3, 0.4) is 0 Å². The van der Waals surface area contributed by atoms with E-state index in [4.69, 9.17) is 0 Å². The molecule has 0 aromatic rings. The maximum absolute atomic E-state index is 2.47. The molecule has 0 unspecified atom stereocenters. The number of likely N-dealkylation sites (tertiary alicyclic amines) is 1. The van der Waals surface area contributed by atoms with E-state index in [1.54, 1.807) is 0 Å². The summed E-state index contributed by atoms with van der Waals surface area (Å²) >= 11 is 2.47. The summed E-state index contributed by atoms with van der Waals surface area (Å²) < 4.78 is 2.59. The number of hydrogen-bond donors (Lipinski definition) is 0. The van der Waals surface area contributed by atoms with Crippen molar-refractivity contribution in [2.24, 2.45) is 5.92 Å². The van der Waals surface area contributed by atoms with Crippen molar-refractivity contribution in [3.63, 3.8) is 0 Å². The van der Waals surface area contributed by atoms with Crippen LogP contribution in [-0.4, -0.2) is 36.1 Å². The van der Waals surface area contributed by atoms with Crippen LogP contribution in [0.15, 0.2) is 0 Å². The molecule has 0 atom stereocenters. The fourth-order valence-electron chi connectivity index (χ4n) is 1.44. The van der Waals surface area contributed by atoms with Crippen LogP contribution in [0.5, 0.6) is 0 Å². The summed E-state index contributed by atoms with van der Waals surface area (Å²) in [6.45, 7) is 2.78. The van der Waals surface area contributed by atoms with E-state index in [-0.39, 0.29) is 0 Å². The first-order chi connectivity index (χ1) is 3.64. The molecule has 1 nitrogen and oxygen atoms in total. The molecule has 1 fully saturated rings. The van der Waals surface area contributed by atoms with Gasteiger partial charge in [0.05, 0.1) is 33.1 Å². The second kappa shape index (κ2) is 2.14. The highest BCUT2D eigenvalue weighted by Gasteiger charge is 2.35. The molecule has 48 valence electrons. The van der Waals surface area contributed by atoms with Gasteiger partial charge in [0.15, 0.2) is 0 Å². The quantitative estimate of drug-likeness (QED) is 0.357. The summed E-state index contributed by atoms with van der Waals surface area (Å²) in [6.07, 6.45) is 0. The largest absolute Gasteiger partial charge is 0.328 e. The predicted octanol–water partition coefficient (Wildman–Crippen LogP) is 1.13. The first kappa shape index (κ1) is 6.81. The molecule has 1 saturated heterocycles. The highest BCUT2D eigenvalue weighted by Crippen LogP contribution is 2.21. The van der Waals surface area contributed by atoms with Gasteiger partial charge in [-0.1, -0.05) is 22.6 Å². The summed E-state index contributed by atoms with van der Waals surface area (Å²) in [7, 11) is 4.59. The minimum absolute atomic E-state index is 1.02. The SMILES string of the molecule is C[N+]1(C)CC(CI)C1. The fourth-order valence-corrected chi connectivity index (χ4v) is 2.00. The minimum atomic E-state index is 1.02. The van der Waals surface area contributed by atoms with Gasteiger partial charge < -0.3 is 4.48 Å². The van der Waals surface area contributed by atoms with Gasteiger partial charge in [-0.25, -0.2) is 0 Å². The Kier molecular flexibility index (Phi) is 1.82. The Morgan fingerprint density at radius 2 is 2.00 bits per heavy atom. The van der Waals surface area contributed by atoms with Crippen LogP contribution in [0.1, 0.15) is 0 Å². The number of quaternary nitrogens is 1. The third-order valence-corrected chi connectivity index (χ3v) is 2.97. The molecule has 2 heteroatoms. The Hall–Kier alpha value is 0.690. The molecule has 0 aliphatic carbocycles. The molecule has 0 amide bonds. The van der Waals surface area contributed by atoms with Crippen LogP contribution in [0, 0.1) is 5.92 Å². The number of hydrogen-bond acceptors (Lipinski definition) is 0. The molecule has 0 saturated carbocycles. The molecular weight excluding hydrogens is 213 g/mol. The fraction of sp³-hybridized carbons (Fsp3) is 1.00. The van der Waals surface area contributed by atoms with Crippen molar-refractivity contribution in [1.82, 2.24) is 0 Å². The lowest BCUT2D eigenvalue weighted by Crippen LogP contribution is -2.58. The van der Waals surface area contributed by atoms with Crippen molar-refractivity contribution in [3.8, 4) is 0 Å². The van der Waals surface area contributed by atoms with Gasteiger partial charge in [0.2, 0.25) is 0 Å². The predicted molar refractivity (Wildman–Crippen MR) is 44.2 cm³/mol. The molecule has 1 aliphatic heterocycles. The lowest BCUT2D eigenvalue weighted by atomic mass is 10.0. The average molecular weight is 226 g/mol. The molecular formula is C6H13IN+. The van der Waals surface area contributed by atoms with Crippen LogP contribution in [0.4, 0.5) is 0 Å². The van der Waals surface area contributed by atoms with Gasteiger partial charge in [0.1, 0.15) is 0 Å². The van der Waals surface area contributed by atoms with Crippen LogP contribution in [-0.2, 0) is 0 Å². The molecule has 1 rings (SSSR count). The number of halogens is 1. The Morgan fingerprint density at radius 3 is 2.12 bits per heavy atom. The lowest BCUT2D eigenvalue weighted by molar-refractivity contribution is -0.937. The van der Waals surface area contributed by atoms with Crippen LogP contribution < -0.4 is 0 Å². The summed E-state index contributed by atoms with van der Waals surface area (Å²) in [5, 5.41) is 0. The summed E-state index contributed by atoms with van der Waals surface area (Å²) in [5.41, 5.74) is 0. The number of nitrogens with zero attached hydrogens (tertiary/aromatic N) is 1. The second-order valence-electron chi connectivity index (χ2n) is 3.32. The Balaban J connectivity index is 2.21. The summed E-state index contributed by atoms with van der Waals surface area (Å²) in [6, 6.07) is 0. The molecule has 0 spiro atoms. The highest BCUT2D eigenvalue weighted by atomic mass is 127. The highest BCUT2D eigenvalue weighted by molar-refractivity contribution is 14.1. The van der Waals surface area contributed by atoms with E-state index in [0.717, 1.165) is 5.92 Å². The van der Waals surface area contributed by atoms with E-state index in [1.807, 2.05) is 0 Å². The minimum Gasteiger partial charge on any atom is -0.328 e. The normalized spacial score (nSPS) is 27.4. The van der Waals surface area contributed by atoms with Gasteiger partial charge in [-0.15, -0.1) is 0 Å². The number of alkyl halides is 1. The topological polar surface area (TPSA) is 0 Å². The smallest absolute Gasteiger partial charge is 0.0873 e. The molecule has 1 heterocycles. The molecule has 8 heavy (non-hydrogen) atoms. The van der Waals surface area contributed by atoms with Gasteiger partial charge >= 0.3 is 0 Å². The van der Waals surface area contributed by atoms with Gasteiger partial charge in [-0.2, -0.15) is 0 Å². The third kappa shape index (κ3) is 1.35. The van der Waals surface area contributed by atoms with Crippen LogP contribution in [0.2, 0.25) is 0 Å². The summed E-state index contributed by atoms with van der Waals surface area (Å²) in [4.78, 5) is 0. The Bertz CT molecular complexity index is 82.5. The van der Waals surface area contributed by atoms with E-state index in [2.05, 4.69) is 36.7 Å². The standard InChI is InChI=1S/C6H13IN/c1-8(2)4-6(3-7)5-8/h6H,3-5H2,1-2H3/q+1. The van der Waals surface area contributed by atoms with Crippen molar-refractivity contribution in [2.45, 2.75) is 0 Å². The molecule has 1 aliphatic rings. The van der Waals surface area contributed by atoms with Gasteiger partial charge in [0, 0.05) is 4.43 Å². The van der Waals surface area contributed by atoms with E-state index in [9.17, 15) is 0 Å². The zero-order chi connectivity index (χ0) is 6.20. The second-order valence-corrected chi connectivity index (χ2v) is 4.20. The Labute approximate surface area is 64.8 Å². The Morgan fingerprint density at radius 1 is 1.50 bits per heavy atom. The zero-order valence-electron chi connectivity index (χ0n) is 5.52. The van der Waals surface area contributed by atoms with Crippen molar-refractivity contribution < 1.29 is 4.48 Å². The van der Waals surface area contributed by atoms with Crippen molar-refractivity contribution in [2.75, 3.05) is 31.6 Å². The maximum Gasteiger partial charge on any atom is 0.0873 e. The van der Waals surface area contributed by atoms with Crippen molar-refractivity contribution >= 4 is 22.6 Å². The molecule has 0 N–H and O–H groups in total. The van der Waals surface area contributed by atoms with Gasteiger partial charge in [0.25, 0.3) is 0 Å². The van der Waals surface area contributed by atoms with Gasteiger partial charge in [-0.05, 0) is 0 Å². The van der Waals surface area contributed by atoms with Gasteiger partial charge in [-0.3, -0.25) is 0 Å². The van der Waals surface area contributed by atoms with E-state index < -0.39 is 0 Å². The molecule has 0 radical (unpaired) electrons. The van der Waals surface area contributed by atoms with Crippen LogP contribution >= 0.6 is 22.6 Å². The average Bonchev–Trinajstić information content (AvgIpc) is 1.60.